The Morgan fingerprint density at radius 1 is 1.25 bits per heavy atom. The van der Waals surface area contributed by atoms with Gasteiger partial charge in [-0.05, 0) is 18.2 Å². The molecule has 0 unspecified atom stereocenters. The predicted molar refractivity (Wildman–Crippen MR) is 73.9 cm³/mol. The number of hydrogen-bond acceptors (Lipinski definition) is 5. The van der Waals surface area contributed by atoms with Crippen LogP contribution in [0, 0.1) is 11.3 Å². The number of nitrogens with two attached hydrogens (primary N) is 1. The van der Waals surface area contributed by atoms with E-state index in [0.29, 0.717) is 23.8 Å². The lowest BCUT2D eigenvalue weighted by Gasteiger charge is -2.04. The molecule has 0 amide bonds. The van der Waals surface area contributed by atoms with Gasteiger partial charge in [0.25, 0.3) is 0 Å². The van der Waals surface area contributed by atoms with Gasteiger partial charge in [-0.1, -0.05) is 18.2 Å². The van der Waals surface area contributed by atoms with E-state index in [-0.39, 0.29) is 5.76 Å². The van der Waals surface area contributed by atoms with Gasteiger partial charge in [-0.2, -0.15) is 5.26 Å². The molecule has 2 heterocycles. The van der Waals surface area contributed by atoms with Crippen LogP contribution in [0.3, 0.4) is 0 Å². The van der Waals surface area contributed by atoms with Crippen LogP contribution in [0.4, 0.5) is 5.82 Å². The normalized spacial score (nSPS) is 10.3. The molecule has 20 heavy (non-hydrogen) atoms. The van der Waals surface area contributed by atoms with E-state index in [4.69, 9.17) is 20.1 Å². The standard InChI is InChI=1S/C15H11N3O2/c16-7-13-15(11-3-1-2-4-12(11)20-13)19-9-10-5-6-14(17)18-8-10/h1-6,8H,9H2,(H2,17,18). The zero-order valence-corrected chi connectivity index (χ0v) is 10.5. The third kappa shape index (κ3) is 2.15. The van der Waals surface area contributed by atoms with Gasteiger partial charge in [-0.3, -0.25) is 0 Å². The van der Waals surface area contributed by atoms with Gasteiger partial charge in [0.2, 0.25) is 5.76 Å². The van der Waals surface area contributed by atoms with E-state index in [9.17, 15) is 0 Å². The lowest BCUT2D eigenvalue weighted by molar-refractivity contribution is 0.303. The molecule has 0 fully saturated rings. The van der Waals surface area contributed by atoms with Crippen LogP contribution in [-0.4, -0.2) is 4.98 Å². The lowest BCUT2D eigenvalue weighted by Crippen LogP contribution is -1.98. The molecule has 0 aliphatic heterocycles. The molecule has 1 aromatic carbocycles. The number of anilines is 1. The van der Waals surface area contributed by atoms with Crippen molar-refractivity contribution in [2.45, 2.75) is 6.61 Å². The van der Waals surface area contributed by atoms with E-state index in [0.717, 1.165) is 10.9 Å². The third-order valence-corrected chi connectivity index (χ3v) is 2.88. The summed E-state index contributed by atoms with van der Waals surface area (Å²) in [6.07, 6.45) is 1.64. The minimum Gasteiger partial charge on any atom is -0.483 e. The molecular weight excluding hydrogens is 254 g/mol. The first-order valence-corrected chi connectivity index (χ1v) is 6.03. The molecular formula is C15H11N3O2. The summed E-state index contributed by atoms with van der Waals surface area (Å²) in [6.45, 7) is 0.297. The van der Waals surface area contributed by atoms with Crippen molar-refractivity contribution in [1.29, 1.82) is 5.26 Å². The molecule has 0 aliphatic carbocycles. The van der Waals surface area contributed by atoms with Crippen molar-refractivity contribution >= 4 is 16.8 Å². The van der Waals surface area contributed by atoms with Gasteiger partial charge < -0.3 is 14.9 Å². The van der Waals surface area contributed by atoms with Crippen molar-refractivity contribution < 1.29 is 9.15 Å². The first-order valence-electron chi connectivity index (χ1n) is 6.03. The number of nitrogens with zero attached hydrogens (tertiary/aromatic N) is 2. The molecule has 0 saturated heterocycles. The molecule has 0 aliphatic rings. The Hall–Kier alpha value is -3.00. The molecule has 0 saturated carbocycles. The maximum Gasteiger partial charge on any atom is 0.246 e. The van der Waals surface area contributed by atoms with Crippen LogP contribution in [-0.2, 0) is 6.61 Å². The number of rotatable bonds is 3. The lowest BCUT2D eigenvalue weighted by atomic mass is 10.2. The largest absolute Gasteiger partial charge is 0.483 e. The Morgan fingerprint density at radius 2 is 2.10 bits per heavy atom. The maximum atomic E-state index is 9.10. The summed E-state index contributed by atoms with van der Waals surface area (Å²) in [7, 11) is 0. The summed E-state index contributed by atoms with van der Waals surface area (Å²) >= 11 is 0. The van der Waals surface area contributed by atoms with Gasteiger partial charge in [-0.15, -0.1) is 0 Å². The van der Waals surface area contributed by atoms with Gasteiger partial charge >= 0.3 is 0 Å². The van der Waals surface area contributed by atoms with Crippen molar-refractivity contribution in [1.82, 2.24) is 4.98 Å². The minimum absolute atomic E-state index is 0.176. The summed E-state index contributed by atoms with van der Waals surface area (Å²) in [6, 6.07) is 12.9. The zero-order chi connectivity index (χ0) is 13.9. The predicted octanol–water partition coefficient (Wildman–Crippen LogP) is 2.86. The average molecular weight is 265 g/mol. The fourth-order valence-corrected chi connectivity index (χ4v) is 1.92. The zero-order valence-electron chi connectivity index (χ0n) is 10.5. The molecule has 0 atom stereocenters. The average Bonchev–Trinajstić information content (AvgIpc) is 2.84. The Kier molecular flexibility index (Phi) is 2.98. The van der Waals surface area contributed by atoms with Crippen LogP contribution in [0.1, 0.15) is 11.3 Å². The van der Waals surface area contributed by atoms with Crippen LogP contribution in [0.2, 0.25) is 0 Å². The second kappa shape index (κ2) is 4.94. The van der Waals surface area contributed by atoms with E-state index < -0.39 is 0 Å². The molecule has 5 heteroatoms. The number of para-hydroxylation sites is 1. The van der Waals surface area contributed by atoms with Gasteiger partial charge in [0.15, 0.2) is 5.75 Å². The van der Waals surface area contributed by atoms with Gasteiger partial charge in [-0.25, -0.2) is 4.98 Å². The highest BCUT2D eigenvalue weighted by Gasteiger charge is 2.14. The number of hydrogen-bond donors (Lipinski definition) is 1. The Bertz CT molecular complexity index is 785. The molecule has 2 N–H and O–H groups in total. The van der Waals surface area contributed by atoms with E-state index >= 15 is 0 Å². The van der Waals surface area contributed by atoms with Crippen LogP contribution in [0.15, 0.2) is 47.0 Å². The molecule has 0 radical (unpaired) electrons. The quantitative estimate of drug-likeness (QED) is 0.787. The summed E-state index contributed by atoms with van der Waals surface area (Å²) in [5.74, 6) is 1.09. The maximum absolute atomic E-state index is 9.10. The van der Waals surface area contributed by atoms with E-state index in [2.05, 4.69) is 4.98 Å². The van der Waals surface area contributed by atoms with Crippen molar-refractivity contribution in [2.24, 2.45) is 0 Å². The van der Waals surface area contributed by atoms with Crippen LogP contribution >= 0.6 is 0 Å². The molecule has 2 aromatic heterocycles. The number of nitriles is 1. The molecule has 3 aromatic rings. The molecule has 5 nitrogen and oxygen atoms in total. The Balaban J connectivity index is 1.90. The number of pyridine rings is 1. The summed E-state index contributed by atoms with van der Waals surface area (Å²) in [5.41, 5.74) is 7.03. The van der Waals surface area contributed by atoms with Crippen molar-refractivity contribution in [3.8, 4) is 11.8 Å². The molecule has 98 valence electrons. The monoisotopic (exact) mass is 265 g/mol. The Labute approximate surface area is 115 Å². The second-order valence-electron chi connectivity index (χ2n) is 4.25. The van der Waals surface area contributed by atoms with Gasteiger partial charge in [0, 0.05) is 11.8 Å². The highest BCUT2D eigenvalue weighted by atomic mass is 16.5. The highest BCUT2D eigenvalue weighted by Crippen LogP contribution is 2.32. The number of nitrogen functional groups attached to an aromatic ring is 1. The number of ether oxygens (including phenoxy) is 1. The number of aromatic nitrogens is 1. The van der Waals surface area contributed by atoms with Crippen LogP contribution in [0.25, 0.3) is 11.0 Å². The number of furan rings is 1. The van der Waals surface area contributed by atoms with Crippen LogP contribution < -0.4 is 10.5 Å². The van der Waals surface area contributed by atoms with Crippen molar-refractivity contribution in [2.75, 3.05) is 5.73 Å². The smallest absolute Gasteiger partial charge is 0.246 e. The summed E-state index contributed by atoms with van der Waals surface area (Å²) in [4.78, 5) is 3.99. The highest BCUT2D eigenvalue weighted by molar-refractivity contribution is 5.86. The summed E-state index contributed by atoms with van der Waals surface area (Å²) in [5, 5.41) is 9.89. The van der Waals surface area contributed by atoms with E-state index in [1.165, 1.54) is 0 Å². The molecule has 3 rings (SSSR count). The number of benzene rings is 1. The molecule has 0 bridgehead atoms. The first kappa shape index (κ1) is 12.1. The fourth-order valence-electron chi connectivity index (χ4n) is 1.92. The van der Waals surface area contributed by atoms with Crippen LogP contribution in [0.5, 0.6) is 5.75 Å². The Morgan fingerprint density at radius 3 is 2.85 bits per heavy atom. The van der Waals surface area contributed by atoms with Gasteiger partial charge in [0.05, 0.1) is 5.39 Å². The van der Waals surface area contributed by atoms with Gasteiger partial charge in [0.1, 0.15) is 24.1 Å². The fraction of sp³-hybridized carbons (Fsp3) is 0.0667. The third-order valence-electron chi connectivity index (χ3n) is 2.88. The number of fused-ring (bicyclic) bond motifs is 1. The summed E-state index contributed by atoms with van der Waals surface area (Å²) < 4.78 is 11.1. The van der Waals surface area contributed by atoms with Crippen molar-refractivity contribution in [3.05, 3.63) is 53.9 Å². The second-order valence-corrected chi connectivity index (χ2v) is 4.25. The topological polar surface area (TPSA) is 85.1 Å². The molecule has 0 spiro atoms. The van der Waals surface area contributed by atoms with E-state index in [1.54, 1.807) is 18.3 Å². The first-order chi connectivity index (χ1) is 9.78. The van der Waals surface area contributed by atoms with E-state index in [1.807, 2.05) is 30.3 Å². The van der Waals surface area contributed by atoms with Crippen molar-refractivity contribution in [3.63, 3.8) is 0 Å². The minimum atomic E-state index is 0.176. The SMILES string of the molecule is N#Cc1oc2ccccc2c1OCc1ccc(N)nc1.